The van der Waals surface area contributed by atoms with Gasteiger partial charge in [-0.15, -0.1) is 0 Å². The molecule has 1 unspecified atom stereocenters. The van der Waals surface area contributed by atoms with Crippen molar-refractivity contribution in [3.8, 4) is 0 Å². The summed E-state index contributed by atoms with van der Waals surface area (Å²) >= 11 is 0. The van der Waals surface area contributed by atoms with E-state index in [2.05, 4.69) is 0 Å². The Hall–Kier alpha value is -2.24. The van der Waals surface area contributed by atoms with Crippen molar-refractivity contribution in [2.75, 3.05) is 24.2 Å². The number of nitrogens with zero attached hydrogens (tertiary/aromatic N) is 2. The Balaban J connectivity index is 2.13. The van der Waals surface area contributed by atoms with Crippen molar-refractivity contribution in [2.24, 2.45) is 0 Å². The quantitative estimate of drug-likeness (QED) is 0.850. The Morgan fingerprint density at radius 2 is 1.91 bits per heavy atom. The first-order valence-electron chi connectivity index (χ1n) is 7.82. The third-order valence-corrected chi connectivity index (χ3v) is 3.76. The maximum Gasteiger partial charge on any atom is 0.410 e. The molecule has 0 saturated carbocycles. The summed E-state index contributed by atoms with van der Waals surface area (Å²) in [6, 6.07) is 6.68. The van der Waals surface area contributed by atoms with Crippen molar-refractivity contribution < 1.29 is 14.3 Å². The summed E-state index contributed by atoms with van der Waals surface area (Å²) in [5.41, 5.74) is 6.56. The number of hydrogen-bond acceptors (Lipinski definition) is 4. The Bertz CT molecular complexity index is 578. The van der Waals surface area contributed by atoms with Gasteiger partial charge in [0.15, 0.2) is 0 Å². The largest absolute Gasteiger partial charge is 0.444 e. The summed E-state index contributed by atoms with van der Waals surface area (Å²) in [5, 5.41) is 0. The predicted molar refractivity (Wildman–Crippen MR) is 90.2 cm³/mol. The van der Waals surface area contributed by atoms with E-state index in [9.17, 15) is 9.59 Å². The Morgan fingerprint density at radius 3 is 2.48 bits per heavy atom. The number of benzene rings is 1. The average Bonchev–Trinajstić information content (AvgIpc) is 2.46. The second-order valence-corrected chi connectivity index (χ2v) is 6.83. The van der Waals surface area contributed by atoms with Crippen LogP contribution in [0.4, 0.5) is 16.2 Å². The summed E-state index contributed by atoms with van der Waals surface area (Å²) in [6.07, 6.45) is 0.989. The lowest BCUT2D eigenvalue weighted by molar-refractivity contribution is -0.124. The number of carbonyl (C=O) groups is 2. The molecule has 1 aromatic carbocycles. The molecule has 6 nitrogen and oxygen atoms in total. The first kappa shape index (κ1) is 17.1. The second kappa shape index (κ2) is 6.48. The van der Waals surface area contributed by atoms with Crippen molar-refractivity contribution >= 4 is 23.4 Å². The Morgan fingerprint density at radius 1 is 1.30 bits per heavy atom. The third kappa shape index (κ3) is 4.15. The smallest absolute Gasteiger partial charge is 0.410 e. The molecule has 1 atom stereocenters. The summed E-state index contributed by atoms with van der Waals surface area (Å²) in [4.78, 5) is 28.1. The van der Waals surface area contributed by atoms with Gasteiger partial charge in [0, 0.05) is 25.0 Å². The van der Waals surface area contributed by atoms with Crippen LogP contribution in [0.3, 0.4) is 0 Å². The zero-order valence-corrected chi connectivity index (χ0v) is 14.2. The van der Waals surface area contributed by atoms with Gasteiger partial charge in [0.1, 0.15) is 11.6 Å². The summed E-state index contributed by atoms with van der Waals surface area (Å²) in [5.74, 6) is -0.0885. The molecule has 0 spiro atoms. The van der Waals surface area contributed by atoms with Gasteiger partial charge in [0.05, 0.1) is 0 Å². The van der Waals surface area contributed by atoms with Crippen LogP contribution >= 0.6 is 0 Å². The highest BCUT2D eigenvalue weighted by atomic mass is 16.6. The number of ether oxygens (including phenoxy) is 1. The van der Waals surface area contributed by atoms with E-state index in [0.717, 1.165) is 12.1 Å². The van der Waals surface area contributed by atoms with Crippen LogP contribution in [0.5, 0.6) is 0 Å². The minimum Gasteiger partial charge on any atom is -0.444 e. The summed E-state index contributed by atoms with van der Waals surface area (Å²) < 4.78 is 5.36. The van der Waals surface area contributed by atoms with Crippen molar-refractivity contribution in [2.45, 2.75) is 45.3 Å². The lowest BCUT2D eigenvalue weighted by Gasteiger charge is -2.37. The number of rotatable bonds is 2. The van der Waals surface area contributed by atoms with Crippen LogP contribution in [0, 0.1) is 0 Å². The SMILES string of the molecule is CN(C(=O)OC(C)(C)C)C1CCCN(c2ccc(N)cc2)C1=O. The maximum atomic E-state index is 12.8. The number of nitrogens with two attached hydrogens (primary N) is 1. The monoisotopic (exact) mass is 319 g/mol. The van der Waals surface area contributed by atoms with E-state index < -0.39 is 17.7 Å². The van der Waals surface area contributed by atoms with Crippen LogP contribution in [0.2, 0.25) is 0 Å². The molecule has 0 bridgehead atoms. The molecule has 0 aliphatic carbocycles. The average molecular weight is 319 g/mol. The fourth-order valence-electron chi connectivity index (χ4n) is 2.59. The lowest BCUT2D eigenvalue weighted by Crippen LogP contribution is -2.53. The van der Waals surface area contributed by atoms with Crippen molar-refractivity contribution in [3.63, 3.8) is 0 Å². The Labute approximate surface area is 137 Å². The molecule has 0 aromatic heterocycles. The molecule has 2 amide bonds. The van der Waals surface area contributed by atoms with Gasteiger partial charge in [-0.2, -0.15) is 0 Å². The highest BCUT2D eigenvalue weighted by Crippen LogP contribution is 2.25. The number of piperidine rings is 1. The van der Waals surface area contributed by atoms with E-state index >= 15 is 0 Å². The van der Waals surface area contributed by atoms with Crippen LogP contribution in [0.1, 0.15) is 33.6 Å². The van der Waals surface area contributed by atoms with Crippen molar-refractivity contribution in [3.05, 3.63) is 24.3 Å². The zero-order valence-electron chi connectivity index (χ0n) is 14.2. The van der Waals surface area contributed by atoms with Gasteiger partial charge in [-0.05, 0) is 57.9 Å². The number of amides is 2. The van der Waals surface area contributed by atoms with Crippen LogP contribution in [-0.2, 0) is 9.53 Å². The van der Waals surface area contributed by atoms with Gasteiger partial charge in [0.2, 0.25) is 5.91 Å². The highest BCUT2D eigenvalue weighted by Gasteiger charge is 2.36. The molecule has 1 aliphatic rings. The van der Waals surface area contributed by atoms with Crippen LogP contribution in [0.15, 0.2) is 24.3 Å². The fourth-order valence-corrected chi connectivity index (χ4v) is 2.59. The zero-order chi connectivity index (χ0) is 17.2. The molecule has 1 heterocycles. The maximum absolute atomic E-state index is 12.8. The number of hydrogen-bond donors (Lipinski definition) is 1. The van der Waals surface area contributed by atoms with Crippen molar-refractivity contribution in [1.82, 2.24) is 4.90 Å². The summed E-state index contributed by atoms with van der Waals surface area (Å²) in [7, 11) is 1.61. The third-order valence-electron chi connectivity index (χ3n) is 3.76. The van der Waals surface area contributed by atoms with Gasteiger partial charge in [-0.3, -0.25) is 9.69 Å². The van der Waals surface area contributed by atoms with Gasteiger partial charge in [-0.1, -0.05) is 0 Å². The molecule has 23 heavy (non-hydrogen) atoms. The van der Waals surface area contributed by atoms with Crippen LogP contribution in [0.25, 0.3) is 0 Å². The first-order valence-corrected chi connectivity index (χ1v) is 7.82. The van der Waals surface area contributed by atoms with E-state index in [4.69, 9.17) is 10.5 Å². The van der Waals surface area contributed by atoms with E-state index in [-0.39, 0.29) is 5.91 Å². The minimum absolute atomic E-state index is 0.0885. The standard InChI is InChI=1S/C17H25N3O3/c1-17(2,3)23-16(22)19(4)14-6-5-11-20(15(14)21)13-9-7-12(18)8-10-13/h7-10,14H,5-6,11,18H2,1-4H3. The molecule has 0 radical (unpaired) electrons. The molecule has 6 heteroatoms. The molecule has 1 saturated heterocycles. The summed E-state index contributed by atoms with van der Waals surface area (Å²) in [6.45, 7) is 6.06. The van der Waals surface area contributed by atoms with Gasteiger partial charge in [0.25, 0.3) is 0 Å². The normalized spacial score (nSPS) is 18.7. The fraction of sp³-hybridized carbons (Fsp3) is 0.529. The van der Waals surface area contributed by atoms with Crippen LogP contribution in [-0.4, -0.2) is 42.1 Å². The van der Waals surface area contributed by atoms with Gasteiger partial charge < -0.3 is 15.4 Å². The molecule has 2 rings (SSSR count). The molecule has 126 valence electrons. The Kier molecular flexibility index (Phi) is 4.82. The molecule has 1 fully saturated rings. The molecule has 1 aliphatic heterocycles. The number of carbonyl (C=O) groups excluding carboxylic acids is 2. The molecular weight excluding hydrogens is 294 g/mol. The molecule has 1 aromatic rings. The number of anilines is 2. The molecular formula is C17H25N3O3. The van der Waals surface area contributed by atoms with Gasteiger partial charge >= 0.3 is 6.09 Å². The second-order valence-electron chi connectivity index (χ2n) is 6.83. The topological polar surface area (TPSA) is 75.9 Å². The van der Waals surface area contributed by atoms with E-state index in [1.54, 1.807) is 24.1 Å². The molecule has 2 N–H and O–H groups in total. The lowest BCUT2D eigenvalue weighted by atomic mass is 10.0. The number of likely N-dealkylation sites (N-methyl/N-ethyl adjacent to an activating group) is 1. The first-order chi connectivity index (χ1) is 10.7. The van der Waals surface area contributed by atoms with Crippen molar-refractivity contribution in [1.29, 1.82) is 0 Å². The minimum atomic E-state index is -0.584. The predicted octanol–water partition coefficient (Wildman–Crippen LogP) is 2.63. The van der Waals surface area contributed by atoms with E-state index in [0.29, 0.717) is 18.7 Å². The van der Waals surface area contributed by atoms with Crippen LogP contribution < -0.4 is 10.6 Å². The van der Waals surface area contributed by atoms with E-state index in [1.807, 2.05) is 32.9 Å². The van der Waals surface area contributed by atoms with E-state index in [1.165, 1.54) is 4.90 Å². The van der Waals surface area contributed by atoms with Gasteiger partial charge in [-0.25, -0.2) is 4.79 Å². The highest BCUT2D eigenvalue weighted by molar-refractivity contribution is 5.99. The number of nitrogen functional groups attached to an aromatic ring is 1.